The molecule has 0 aromatic carbocycles. The number of carbonyl (C=O) groups excluding carboxylic acids is 1. The molecule has 1 amide bonds. The van der Waals surface area contributed by atoms with Crippen molar-refractivity contribution in [3.05, 3.63) is 0 Å². The number of fused-ring (bicyclic) bond motifs is 1. The summed E-state index contributed by atoms with van der Waals surface area (Å²) < 4.78 is 0. The summed E-state index contributed by atoms with van der Waals surface area (Å²) in [4.78, 5) is 11.5. The minimum Gasteiger partial charge on any atom is -0.353 e. The van der Waals surface area contributed by atoms with Crippen LogP contribution in [0.25, 0.3) is 0 Å². The van der Waals surface area contributed by atoms with Crippen LogP contribution in [0.4, 0.5) is 0 Å². The minimum atomic E-state index is 0.0827. The number of carbonyl (C=O) groups is 1. The first-order valence-electron chi connectivity index (χ1n) is 5.31. The van der Waals surface area contributed by atoms with Gasteiger partial charge in [0.15, 0.2) is 0 Å². The highest BCUT2D eigenvalue weighted by atomic mass is 16.2. The van der Waals surface area contributed by atoms with Crippen LogP contribution in [0.5, 0.6) is 0 Å². The molecule has 1 aliphatic carbocycles. The highest BCUT2D eigenvalue weighted by Crippen LogP contribution is 2.32. The summed E-state index contributed by atoms with van der Waals surface area (Å²) in [7, 11) is 0. The van der Waals surface area contributed by atoms with E-state index >= 15 is 0 Å². The highest BCUT2D eigenvalue weighted by Gasteiger charge is 2.35. The van der Waals surface area contributed by atoms with Crippen LogP contribution in [0.2, 0.25) is 0 Å². The normalized spacial score (nSPS) is 39.5. The van der Waals surface area contributed by atoms with Gasteiger partial charge in [-0.2, -0.15) is 0 Å². The maximum absolute atomic E-state index is 11.5. The second-order valence-corrected chi connectivity index (χ2v) is 4.33. The van der Waals surface area contributed by atoms with Crippen LogP contribution in [0.15, 0.2) is 0 Å². The molecular formula is C10H18N2O. The molecule has 1 saturated carbocycles. The molecule has 1 saturated heterocycles. The van der Waals surface area contributed by atoms with Gasteiger partial charge in [-0.1, -0.05) is 12.8 Å². The van der Waals surface area contributed by atoms with Gasteiger partial charge in [0.1, 0.15) is 0 Å². The molecular weight excluding hydrogens is 164 g/mol. The molecule has 3 nitrogen and oxygen atoms in total. The number of hydrogen-bond acceptors (Lipinski definition) is 2. The van der Waals surface area contributed by atoms with Gasteiger partial charge in [-0.25, -0.2) is 0 Å². The number of nitrogens with two attached hydrogens (primary N) is 1. The molecule has 0 bridgehead atoms. The van der Waals surface area contributed by atoms with E-state index in [2.05, 4.69) is 5.32 Å². The first-order valence-corrected chi connectivity index (χ1v) is 5.31. The molecule has 0 aromatic rings. The van der Waals surface area contributed by atoms with Crippen molar-refractivity contribution in [2.45, 2.75) is 38.1 Å². The van der Waals surface area contributed by atoms with Crippen molar-refractivity contribution < 1.29 is 4.79 Å². The van der Waals surface area contributed by atoms with Crippen molar-refractivity contribution in [3.63, 3.8) is 0 Å². The summed E-state index contributed by atoms with van der Waals surface area (Å²) in [6.07, 6.45) is 6.07. The summed E-state index contributed by atoms with van der Waals surface area (Å²) in [5.41, 5.74) is 5.55. The third-order valence-corrected chi connectivity index (χ3v) is 3.48. The fraction of sp³-hybridized carbons (Fsp3) is 0.900. The Bertz CT molecular complexity index is 205. The van der Waals surface area contributed by atoms with E-state index in [1.165, 1.54) is 25.7 Å². The van der Waals surface area contributed by atoms with Crippen LogP contribution >= 0.6 is 0 Å². The molecule has 13 heavy (non-hydrogen) atoms. The second kappa shape index (κ2) is 3.66. The predicted octanol–water partition coefficient (Wildman–Crippen LogP) is 0.640. The Morgan fingerprint density at radius 2 is 2.15 bits per heavy atom. The van der Waals surface area contributed by atoms with Gasteiger partial charge in [-0.05, 0) is 25.2 Å². The van der Waals surface area contributed by atoms with Crippen LogP contribution < -0.4 is 11.1 Å². The summed E-state index contributed by atoms with van der Waals surface area (Å²) in [5.74, 6) is 0.977. The Kier molecular flexibility index (Phi) is 2.54. The van der Waals surface area contributed by atoms with Crippen LogP contribution in [0.3, 0.4) is 0 Å². The van der Waals surface area contributed by atoms with Gasteiger partial charge < -0.3 is 11.1 Å². The van der Waals surface area contributed by atoms with Crippen molar-refractivity contribution in [3.8, 4) is 0 Å². The van der Waals surface area contributed by atoms with E-state index in [1.54, 1.807) is 0 Å². The molecule has 0 spiro atoms. The molecule has 74 valence electrons. The topological polar surface area (TPSA) is 55.1 Å². The van der Waals surface area contributed by atoms with E-state index in [0.717, 1.165) is 6.42 Å². The quantitative estimate of drug-likeness (QED) is 0.625. The molecule has 2 fully saturated rings. The largest absolute Gasteiger partial charge is 0.353 e. The summed E-state index contributed by atoms with van der Waals surface area (Å²) in [6.45, 7) is 0.509. The van der Waals surface area contributed by atoms with Crippen LogP contribution in [-0.2, 0) is 4.79 Å². The summed E-state index contributed by atoms with van der Waals surface area (Å²) in [6, 6.07) is 0.462. The predicted molar refractivity (Wildman–Crippen MR) is 51.1 cm³/mol. The van der Waals surface area contributed by atoms with Gasteiger partial charge in [0.25, 0.3) is 0 Å². The van der Waals surface area contributed by atoms with Gasteiger partial charge in [0.2, 0.25) is 5.91 Å². The van der Waals surface area contributed by atoms with E-state index in [-0.39, 0.29) is 11.8 Å². The summed E-state index contributed by atoms with van der Waals surface area (Å²) in [5, 5.41) is 3.10. The Hall–Kier alpha value is -0.570. The Labute approximate surface area is 79.1 Å². The van der Waals surface area contributed by atoms with Gasteiger partial charge in [-0.3, -0.25) is 4.79 Å². The van der Waals surface area contributed by atoms with E-state index in [0.29, 0.717) is 18.5 Å². The van der Waals surface area contributed by atoms with Gasteiger partial charge in [0, 0.05) is 12.6 Å². The van der Waals surface area contributed by atoms with Crippen molar-refractivity contribution in [1.82, 2.24) is 5.32 Å². The zero-order chi connectivity index (χ0) is 9.26. The van der Waals surface area contributed by atoms with E-state index < -0.39 is 0 Å². The fourth-order valence-corrected chi connectivity index (χ4v) is 2.66. The van der Waals surface area contributed by atoms with Crippen LogP contribution in [0.1, 0.15) is 32.1 Å². The number of piperidine rings is 1. The van der Waals surface area contributed by atoms with E-state index in [4.69, 9.17) is 5.73 Å². The van der Waals surface area contributed by atoms with Gasteiger partial charge >= 0.3 is 0 Å². The maximum Gasteiger partial charge on any atom is 0.224 e. The third-order valence-electron chi connectivity index (χ3n) is 3.48. The highest BCUT2D eigenvalue weighted by molar-refractivity contribution is 5.80. The molecule has 3 N–H and O–H groups in total. The second-order valence-electron chi connectivity index (χ2n) is 4.33. The zero-order valence-corrected chi connectivity index (χ0v) is 7.96. The molecule has 3 heteroatoms. The molecule has 0 aromatic heterocycles. The van der Waals surface area contributed by atoms with Gasteiger partial charge in [-0.15, -0.1) is 0 Å². The molecule has 1 aliphatic heterocycles. The lowest BCUT2D eigenvalue weighted by Crippen LogP contribution is -2.52. The maximum atomic E-state index is 11.5. The Morgan fingerprint density at radius 3 is 2.92 bits per heavy atom. The lowest BCUT2D eigenvalue weighted by atomic mass is 9.76. The van der Waals surface area contributed by atoms with Crippen molar-refractivity contribution in [2.75, 3.05) is 6.54 Å². The summed E-state index contributed by atoms with van der Waals surface area (Å²) >= 11 is 0. The van der Waals surface area contributed by atoms with Crippen LogP contribution in [-0.4, -0.2) is 18.5 Å². The monoisotopic (exact) mass is 182 g/mol. The molecule has 2 rings (SSSR count). The standard InChI is InChI=1S/C10H18N2O/c11-6-8-5-7-3-1-2-4-9(7)12-10(8)13/h7-9H,1-6,11H2,(H,12,13)/t7-,8-,9+/m1/s1. The van der Waals surface area contributed by atoms with Crippen molar-refractivity contribution >= 4 is 5.91 Å². The first-order chi connectivity index (χ1) is 6.31. The Morgan fingerprint density at radius 1 is 1.38 bits per heavy atom. The van der Waals surface area contributed by atoms with E-state index in [1.807, 2.05) is 0 Å². The average molecular weight is 182 g/mol. The molecule has 0 radical (unpaired) electrons. The smallest absolute Gasteiger partial charge is 0.224 e. The molecule has 2 aliphatic rings. The number of rotatable bonds is 1. The third kappa shape index (κ3) is 1.70. The molecule has 0 unspecified atom stereocenters. The number of amides is 1. The van der Waals surface area contributed by atoms with Crippen molar-refractivity contribution in [2.24, 2.45) is 17.6 Å². The molecule has 3 atom stereocenters. The number of nitrogens with one attached hydrogen (secondary N) is 1. The SMILES string of the molecule is NC[C@H]1C[C@H]2CCCC[C@@H]2NC1=O. The van der Waals surface area contributed by atoms with E-state index in [9.17, 15) is 4.79 Å². The molecule has 1 heterocycles. The minimum absolute atomic E-state index is 0.0827. The van der Waals surface area contributed by atoms with Crippen LogP contribution in [0, 0.1) is 11.8 Å². The Balaban J connectivity index is 2.01. The lowest BCUT2D eigenvalue weighted by molar-refractivity contribution is -0.129. The lowest BCUT2D eigenvalue weighted by Gasteiger charge is -2.39. The first kappa shape index (κ1) is 9.00. The van der Waals surface area contributed by atoms with Gasteiger partial charge in [0.05, 0.1) is 5.92 Å². The zero-order valence-electron chi connectivity index (χ0n) is 7.96. The fourth-order valence-electron chi connectivity index (χ4n) is 2.66. The van der Waals surface area contributed by atoms with Crippen molar-refractivity contribution in [1.29, 1.82) is 0 Å². The average Bonchev–Trinajstić information content (AvgIpc) is 2.17. The number of hydrogen-bond donors (Lipinski definition) is 2.